The number of ether oxygens (including phenoxy) is 1. The number of hydrogen-bond acceptors (Lipinski definition) is 5. The van der Waals surface area contributed by atoms with E-state index in [4.69, 9.17) is 4.74 Å². The highest BCUT2D eigenvalue weighted by Crippen LogP contribution is 2.16. The number of carbonyl (C=O) groups excluding carboxylic acids is 1. The molecule has 4 rings (SSSR count). The monoisotopic (exact) mass is 428 g/mol. The van der Waals surface area contributed by atoms with Crippen LogP contribution in [-0.2, 0) is 13.1 Å². The lowest BCUT2D eigenvalue weighted by atomic mass is 10.1. The number of hydrogen-bond donors (Lipinski definition) is 1. The molecule has 0 atom stereocenters. The molecule has 2 heterocycles. The van der Waals surface area contributed by atoms with Gasteiger partial charge in [0, 0.05) is 17.1 Å². The zero-order valence-electron chi connectivity index (χ0n) is 18.0. The lowest BCUT2D eigenvalue weighted by Gasteiger charge is -2.12. The van der Waals surface area contributed by atoms with Gasteiger partial charge in [0.25, 0.3) is 11.5 Å². The summed E-state index contributed by atoms with van der Waals surface area (Å²) in [6, 6.07) is 19.8. The van der Waals surface area contributed by atoms with Crippen LogP contribution in [0, 0.1) is 0 Å². The zero-order chi connectivity index (χ0) is 22.5. The van der Waals surface area contributed by atoms with Gasteiger partial charge in [-0.1, -0.05) is 24.3 Å². The molecule has 0 bridgehead atoms. The van der Waals surface area contributed by atoms with Crippen LogP contribution in [0.15, 0.2) is 77.7 Å². The van der Waals surface area contributed by atoms with Crippen LogP contribution >= 0.6 is 0 Å². The first kappa shape index (κ1) is 21.2. The van der Waals surface area contributed by atoms with Gasteiger partial charge in [0.15, 0.2) is 0 Å². The molecule has 0 aliphatic rings. The number of nitrogens with zero attached hydrogens (tertiary/aromatic N) is 3. The van der Waals surface area contributed by atoms with Crippen LogP contribution in [0.5, 0.6) is 5.75 Å². The van der Waals surface area contributed by atoms with Gasteiger partial charge in [0.1, 0.15) is 5.75 Å². The summed E-state index contributed by atoms with van der Waals surface area (Å²) in [5, 5.41) is 8.71. The molecule has 0 saturated heterocycles. The summed E-state index contributed by atoms with van der Waals surface area (Å²) in [6.07, 6.45) is 1.75. The van der Waals surface area contributed by atoms with Crippen molar-refractivity contribution in [2.75, 3.05) is 0 Å². The highest BCUT2D eigenvalue weighted by molar-refractivity contribution is 5.94. The van der Waals surface area contributed by atoms with E-state index in [0.29, 0.717) is 22.4 Å². The second kappa shape index (κ2) is 9.43. The summed E-state index contributed by atoms with van der Waals surface area (Å²) in [4.78, 5) is 29.9. The van der Waals surface area contributed by atoms with Gasteiger partial charge in [0.2, 0.25) is 0 Å². The Morgan fingerprint density at radius 3 is 2.41 bits per heavy atom. The first-order valence-corrected chi connectivity index (χ1v) is 10.4. The molecule has 0 aliphatic carbocycles. The van der Waals surface area contributed by atoms with Crippen molar-refractivity contribution < 1.29 is 9.53 Å². The lowest BCUT2D eigenvalue weighted by Crippen LogP contribution is -2.29. The SMILES string of the molecule is CC(C)Oc1ccc(C(=O)NCc2nn(Cc3ccccn3)c(=O)c3ccccc23)cc1. The molecular formula is C25H24N4O3. The van der Waals surface area contributed by atoms with Crippen LogP contribution in [0.4, 0.5) is 0 Å². The summed E-state index contributed by atoms with van der Waals surface area (Å²) in [5.41, 5.74) is 1.68. The number of rotatable bonds is 7. The van der Waals surface area contributed by atoms with E-state index in [9.17, 15) is 9.59 Å². The van der Waals surface area contributed by atoms with Crippen LogP contribution < -0.4 is 15.6 Å². The summed E-state index contributed by atoms with van der Waals surface area (Å²) in [5.74, 6) is 0.486. The fourth-order valence-electron chi connectivity index (χ4n) is 3.41. The number of pyridine rings is 1. The largest absolute Gasteiger partial charge is 0.491 e. The van der Waals surface area contributed by atoms with E-state index in [0.717, 1.165) is 11.1 Å². The molecule has 162 valence electrons. The minimum atomic E-state index is -0.227. The second-order valence-electron chi connectivity index (χ2n) is 7.65. The average Bonchev–Trinajstić information content (AvgIpc) is 2.81. The molecule has 4 aromatic rings. The molecule has 0 aliphatic heterocycles. The predicted molar refractivity (Wildman–Crippen MR) is 123 cm³/mol. The molecule has 0 saturated carbocycles. The van der Waals surface area contributed by atoms with Gasteiger partial charge in [-0.25, -0.2) is 4.68 Å². The van der Waals surface area contributed by atoms with Crippen molar-refractivity contribution in [3.63, 3.8) is 0 Å². The molecule has 7 heteroatoms. The van der Waals surface area contributed by atoms with E-state index < -0.39 is 0 Å². The van der Waals surface area contributed by atoms with E-state index in [1.165, 1.54) is 4.68 Å². The van der Waals surface area contributed by atoms with Crippen molar-refractivity contribution in [3.05, 3.63) is 100 Å². The molecule has 2 aromatic carbocycles. The first-order valence-electron chi connectivity index (χ1n) is 10.4. The van der Waals surface area contributed by atoms with Gasteiger partial charge in [-0.2, -0.15) is 5.10 Å². The van der Waals surface area contributed by atoms with Gasteiger partial charge in [-0.3, -0.25) is 14.6 Å². The third kappa shape index (κ3) is 4.83. The van der Waals surface area contributed by atoms with E-state index in [2.05, 4.69) is 15.4 Å². The molecule has 0 spiro atoms. The molecule has 32 heavy (non-hydrogen) atoms. The van der Waals surface area contributed by atoms with Crippen molar-refractivity contribution in [2.24, 2.45) is 0 Å². The minimum absolute atomic E-state index is 0.0656. The molecular weight excluding hydrogens is 404 g/mol. The Bertz CT molecular complexity index is 1280. The highest BCUT2D eigenvalue weighted by Gasteiger charge is 2.13. The van der Waals surface area contributed by atoms with Crippen LogP contribution in [-0.4, -0.2) is 26.8 Å². The quantitative estimate of drug-likeness (QED) is 0.486. The van der Waals surface area contributed by atoms with Crippen molar-refractivity contribution in [3.8, 4) is 5.75 Å². The first-order chi connectivity index (χ1) is 15.5. The Morgan fingerprint density at radius 2 is 1.72 bits per heavy atom. The summed E-state index contributed by atoms with van der Waals surface area (Å²) >= 11 is 0. The normalized spacial score (nSPS) is 11.0. The molecule has 0 radical (unpaired) electrons. The Kier molecular flexibility index (Phi) is 6.26. The fourth-order valence-corrected chi connectivity index (χ4v) is 3.41. The zero-order valence-corrected chi connectivity index (χ0v) is 18.0. The molecule has 7 nitrogen and oxygen atoms in total. The van der Waals surface area contributed by atoms with Gasteiger partial charge < -0.3 is 10.1 Å². The van der Waals surface area contributed by atoms with Gasteiger partial charge in [-0.05, 0) is 56.3 Å². The van der Waals surface area contributed by atoms with Crippen molar-refractivity contribution in [2.45, 2.75) is 33.0 Å². The van der Waals surface area contributed by atoms with Gasteiger partial charge in [0.05, 0.1) is 36.0 Å². The third-order valence-electron chi connectivity index (χ3n) is 4.89. The molecule has 0 fully saturated rings. The van der Waals surface area contributed by atoms with Gasteiger partial charge >= 0.3 is 0 Å². The van der Waals surface area contributed by atoms with Crippen molar-refractivity contribution in [1.82, 2.24) is 20.1 Å². The van der Waals surface area contributed by atoms with Gasteiger partial charge in [-0.15, -0.1) is 0 Å². The number of aromatic nitrogens is 3. The van der Waals surface area contributed by atoms with E-state index >= 15 is 0 Å². The number of amides is 1. The number of fused-ring (bicyclic) bond motifs is 1. The van der Waals surface area contributed by atoms with E-state index in [1.807, 2.05) is 50.2 Å². The Hall–Kier alpha value is -4.00. The van der Waals surface area contributed by atoms with Crippen molar-refractivity contribution >= 4 is 16.7 Å². The Morgan fingerprint density at radius 1 is 1.00 bits per heavy atom. The lowest BCUT2D eigenvalue weighted by molar-refractivity contribution is 0.0950. The van der Waals surface area contributed by atoms with Crippen LogP contribution in [0.1, 0.15) is 35.6 Å². The van der Waals surface area contributed by atoms with Crippen LogP contribution in [0.2, 0.25) is 0 Å². The highest BCUT2D eigenvalue weighted by atomic mass is 16.5. The molecule has 0 unspecified atom stereocenters. The second-order valence-corrected chi connectivity index (χ2v) is 7.65. The molecule has 1 N–H and O–H groups in total. The summed E-state index contributed by atoms with van der Waals surface area (Å²) < 4.78 is 7.01. The van der Waals surface area contributed by atoms with E-state index in [-0.39, 0.29) is 30.7 Å². The maximum atomic E-state index is 12.9. The predicted octanol–water partition coefficient (Wildman–Crippen LogP) is 3.56. The fraction of sp³-hybridized carbons (Fsp3) is 0.200. The van der Waals surface area contributed by atoms with Crippen LogP contribution in [0.25, 0.3) is 10.8 Å². The van der Waals surface area contributed by atoms with Crippen molar-refractivity contribution in [1.29, 1.82) is 0 Å². The minimum Gasteiger partial charge on any atom is -0.491 e. The third-order valence-corrected chi connectivity index (χ3v) is 4.89. The average molecular weight is 428 g/mol. The summed E-state index contributed by atoms with van der Waals surface area (Å²) in [6.45, 7) is 4.34. The maximum Gasteiger partial charge on any atom is 0.275 e. The maximum absolute atomic E-state index is 12.9. The Balaban J connectivity index is 1.57. The number of benzene rings is 2. The smallest absolute Gasteiger partial charge is 0.275 e. The topological polar surface area (TPSA) is 86.1 Å². The van der Waals surface area contributed by atoms with Crippen LogP contribution in [0.3, 0.4) is 0 Å². The molecule has 1 amide bonds. The molecule has 2 aromatic heterocycles. The summed E-state index contributed by atoms with van der Waals surface area (Å²) in [7, 11) is 0. The number of nitrogens with one attached hydrogen (secondary N) is 1. The van der Waals surface area contributed by atoms with E-state index in [1.54, 1.807) is 36.5 Å². The number of carbonyl (C=O) groups is 1. The Labute approximate surface area is 185 Å². The standard InChI is InChI=1S/C25H24N4O3/c1-17(2)32-20-12-10-18(11-13-20)24(30)27-15-23-21-8-3-4-9-22(21)25(31)29(28-23)16-19-7-5-6-14-26-19/h3-14,17H,15-16H2,1-2H3,(H,27,30).